The third-order valence-electron chi connectivity index (χ3n) is 0. The van der Waals surface area contributed by atoms with E-state index in [-0.39, 0.29) is 71.9 Å². The molecule has 0 heterocycles. The van der Waals surface area contributed by atoms with Crippen LogP contribution in [0, 0.1) is 0 Å². The van der Waals surface area contributed by atoms with Crippen molar-refractivity contribution in [3.8, 4) is 0 Å². The van der Waals surface area contributed by atoms with E-state index in [2.05, 4.69) is 0 Å². The standard InChI is InChI=1S/CH2O3.Ca.2Mn/c2-1(3)4;;;/h(H2,2,3,4);;;. The van der Waals surface area contributed by atoms with E-state index in [1.165, 1.54) is 0 Å². The zero-order valence-electron chi connectivity index (χ0n) is 3.27. The quantitative estimate of drug-likeness (QED) is 0.548. The van der Waals surface area contributed by atoms with Crippen LogP contribution >= 0.6 is 0 Å². The SMILES string of the molecule is O=C(O)O.[Ca].[Mn].[Mn]. The van der Waals surface area contributed by atoms with Crippen LogP contribution in [-0.2, 0) is 34.1 Å². The van der Waals surface area contributed by atoms with Gasteiger partial charge in [-0.05, 0) is 0 Å². The van der Waals surface area contributed by atoms with Crippen molar-refractivity contribution in [2.45, 2.75) is 0 Å². The van der Waals surface area contributed by atoms with E-state index in [1.807, 2.05) is 0 Å². The predicted molar refractivity (Wildman–Crippen MR) is 16.4 cm³/mol. The molecule has 6 heteroatoms. The molecule has 40 valence electrons. The maximum absolute atomic E-state index is 8.56. The van der Waals surface area contributed by atoms with Gasteiger partial charge >= 0.3 is 6.16 Å². The second kappa shape index (κ2) is 15.6. The summed E-state index contributed by atoms with van der Waals surface area (Å²) in [6, 6.07) is 0. The van der Waals surface area contributed by atoms with Gasteiger partial charge in [-0.25, -0.2) is 4.79 Å². The largest absolute Gasteiger partial charge is 0.503 e. The van der Waals surface area contributed by atoms with Crippen molar-refractivity contribution in [3.05, 3.63) is 0 Å². The number of hydrogen-bond donors (Lipinski definition) is 2. The van der Waals surface area contributed by atoms with Gasteiger partial charge in [0.05, 0.1) is 0 Å². The van der Waals surface area contributed by atoms with Gasteiger partial charge in [0.2, 0.25) is 0 Å². The van der Waals surface area contributed by atoms with Crippen molar-refractivity contribution in [2.24, 2.45) is 0 Å². The number of carbonyl (C=O) groups is 1. The van der Waals surface area contributed by atoms with Crippen LogP contribution in [0.25, 0.3) is 0 Å². The number of hydrogen-bond acceptors (Lipinski definition) is 1. The Morgan fingerprint density at radius 1 is 1.14 bits per heavy atom. The van der Waals surface area contributed by atoms with Crippen LogP contribution in [0.2, 0.25) is 0 Å². The molecule has 0 fully saturated rings. The molecule has 7 heavy (non-hydrogen) atoms. The molecule has 0 atom stereocenters. The van der Waals surface area contributed by atoms with E-state index in [9.17, 15) is 0 Å². The maximum atomic E-state index is 8.56. The fraction of sp³-hybridized carbons (Fsp3) is 0. The zero-order chi connectivity index (χ0) is 3.58. The van der Waals surface area contributed by atoms with E-state index in [1.54, 1.807) is 0 Å². The van der Waals surface area contributed by atoms with Gasteiger partial charge in [-0.2, -0.15) is 0 Å². The van der Waals surface area contributed by atoms with E-state index < -0.39 is 6.16 Å². The van der Waals surface area contributed by atoms with Crippen LogP contribution in [0.3, 0.4) is 0 Å². The average molecular weight is 212 g/mol. The smallest absolute Gasteiger partial charge is 0.450 e. The molecule has 0 saturated heterocycles. The van der Waals surface area contributed by atoms with Gasteiger partial charge in [-0.1, -0.05) is 0 Å². The summed E-state index contributed by atoms with van der Waals surface area (Å²) in [6.07, 6.45) is -1.83. The Morgan fingerprint density at radius 3 is 1.14 bits per heavy atom. The minimum atomic E-state index is -1.83. The Kier molecular flexibility index (Phi) is 52.6. The first-order valence-corrected chi connectivity index (χ1v) is 0.651. The summed E-state index contributed by atoms with van der Waals surface area (Å²) in [5.41, 5.74) is 0. The predicted octanol–water partition coefficient (Wildman–Crippen LogP) is -0.163. The summed E-state index contributed by atoms with van der Waals surface area (Å²) >= 11 is 0. The van der Waals surface area contributed by atoms with Crippen LogP contribution in [-0.4, -0.2) is 54.1 Å². The van der Waals surface area contributed by atoms with Crippen LogP contribution < -0.4 is 0 Å². The molecular formula is CH2CaMn2O3. The molecule has 0 saturated carbocycles. The van der Waals surface area contributed by atoms with Crippen molar-refractivity contribution in [2.75, 3.05) is 0 Å². The third kappa shape index (κ3) is 95.4. The Balaban J connectivity index is -0.0000000150. The monoisotopic (exact) mass is 212 g/mol. The molecule has 0 aromatic rings. The van der Waals surface area contributed by atoms with Crippen LogP contribution in [0.4, 0.5) is 4.79 Å². The maximum Gasteiger partial charge on any atom is 0.503 e. The molecule has 0 aliphatic rings. The molecule has 2 N–H and O–H groups in total. The molecule has 0 aliphatic heterocycles. The first-order valence-electron chi connectivity index (χ1n) is 0.651. The minimum Gasteiger partial charge on any atom is -0.450 e. The van der Waals surface area contributed by atoms with Gasteiger partial charge in [-0.3, -0.25) is 0 Å². The molecule has 0 aromatic carbocycles. The van der Waals surface area contributed by atoms with Gasteiger partial charge in [0.15, 0.2) is 0 Å². The fourth-order valence-corrected chi connectivity index (χ4v) is 0. The van der Waals surface area contributed by atoms with Crippen molar-refractivity contribution in [1.29, 1.82) is 0 Å². The number of rotatable bonds is 0. The van der Waals surface area contributed by atoms with Crippen LogP contribution in [0.1, 0.15) is 0 Å². The second-order valence-electron chi connectivity index (χ2n) is 0.283. The third-order valence-corrected chi connectivity index (χ3v) is 0. The summed E-state index contributed by atoms with van der Waals surface area (Å²) in [4.78, 5) is 8.56. The van der Waals surface area contributed by atoms with E-state index in [0.29, 0.717) is 0 Å². The van der Waals surface area contributed by atoms with E-state index in [4.69, 9.17) is 15.0 Å². The van der Waals surface area contributed by atoms with Gasteiger partial charge in [0, 0.05) is 71.9 Å². The Bertz CT molecular complexity index is 35.9. The zero-order valence-corrected chi connectivity index (χ0v) is 7.83. The van der Waals surface area contributed by atoms with E-state index >= 15 is 0 Å². The Morgan fingerprint density at radius 2 is 1.14 bits per heavy atom. The molecule has 3 nitrogen and oxygen atoms in total. The van der Waals surface area contributed by atoms with E-state index in [0.717, 1.165) is 0 Å². The summed E-state index contributed by atoms with van der Waals surface area (Å²) in [5, 5.41) is 13.9. The van der Waals surface area contributed by atoms with Gasteiger partial charge in [0.25, 0.3) is 0 Å². The molecule has 0 rings (SSSR count). The van der Waals surface area contributed by atoms with Crippen molar-refractivity contribution in [3.63, 3.8) is 0 Å². The normalized spacial score (nSPS) is 3.43. The first kappa shape index (κ1) is 23.5. The van der Waals surface area contributed by atoms with Crippen molar-refractivity contribution < 1.29 is 49.1 Å². The van der Waals surface area contributed by atoms with Gasteiger partial charge in [-0.15, -0.1) is 0 Å². The number of carboxylic acid groups (broad SMARTS) is 2. The van der Waals surface area contributed by atoms with Crippen molar-refractivity contribution >= 4 is 43.9 Å². The molecule has 0 amide bonds. The summed E-state index contributed by atoms with van der Waals surface area (Å²) in [6.45, 7) is 0. The second-order valence-corrected chi connectivity index (χ2v) is 0.283. The molecule has 0 aliphatic carbocycles. The topological polar surface area (TPSA) is 57.5 Å². The first-order chi connectivity index (χ1) is 1.73. The molecule has 0 spiro atoms. The molecule has 0 unspecified atom stereocenters. The Labute approximate surface area is 91.8 Å². The minimum absolute atomic E-state index is 0. The van der Waals surface area contributed by atoms with Gasteiger partial charge in [0.1, 0.15) is 0 Å². The Hall–Kier alpha value is 1.57. The molecule has 0 bridgehead atoms. The molecule has 0 aromatic heterocycles. The van der Waals surface area contributed by atoms with Crippen molar-refractivity contribution in [1.82, 2.24) is 0 Å². The van der Waals surface area contributed by atoms with Gasteiger partial charge < -0.3 is 10.2 Å². The molecular weight excluding hydrogens is 210 g/mol. The average Bonchev–Trinajstić information content (AvgIpc) is 0.811. The van der Waals surface area contributed by atoms with Crippen LogP contribution in [0.5, 0.6) is 0 Å². The molecule has 4 radical (unpaired) electrons. The summed E-state index contributed by atoms with van der Waals surface area (Å²) in [7, 11) is 0. The summed E-state index contributed by atoms with van der Waals surface area (Å²) in [5.74, 6) is 0. The summed E-state index contributed by atoms with van der Waals surface area (Å²) < 4.78 is 0. The fourth-order valence-electron chi connectivity index (χ4n) is 0. The van der Waals surface area contributed by atoms with Crippen LogP contribution in [0.15, 0.2) is 0 Å².